The van der Waals surface area contributed by atoms with Gasteiger partial charge in [-0.2, -0.15) is 5.10 Å². The second-order valence-corrected chi connectivity index (χ2v) is 4.70. The van der Waals surface area contributed by atoms with Crippen molar-refractivity contribution in [1.29, 1.82) is 0 Å². The maximum absolute atomic E-state index is 6.13. The summed E-state index contributed by atoms with van der Waals surface area (Å²) in [5.41, 5.74) is 1.69. The monoisotopic (exact) mass is 294 g/mol. The highest BCUT2D eigenvalue weighted by molar-refractivity contribution is 6.32. The molecule has 20 heavy (non-hydrogen) atoms. The van der Waals surface area contributed by atoms with Crippen molar-refractivity contribution in [2.45, 2.75) is 53.5 Å². The molecule has 0 saturated carbocycles. The third kappa shape index (κ3) is 3.79. The Balaban J connectivity index is 0.000000956. The normalized spacial score (nSPS) is 10.3. The van der Waals surface area contributed by atoms with Crippen LogP contribution in [0.15, 0.2) is 18.6 Å². The van der Waals surface area contributed by atoms with Gasteiger partial charge < -0.3 is 0 Å². The first-order chi connectivity index (χ1) is 9.65. The fourth-order valence-electron chi connectivity index (χ4n) is 1.98. The van der Waals surface area contributed by atoms with Gasteiger partial charge in [0.1, 0.15) is 5.82 Å². The molecule has 110 valence electrons. The highest BCUT2D eigenvalue weighted by Gasteiger charge is 2.12. The van der Waals surface area contributed by atoms with Crippen LogP contribution in [0.1, 0.15) is 52.4 Å². The molecule has 0 fully saturated rings. The van der Waals surface area contributed by atoms with E-state index in [1.807, 2.05) is 37.8 Å². The summed E-state index contributed by atoms with van der Waals surface area (Å²) in [5, 5.41) is 4.96. The maximum Gasteiger partial charge on any atom is 0.126 e. The molecule has 0 spiro atoms. The van der Waals surface area contributed by atoms with Gasteiger partial charge in [0.2, 0.25) is 0 Å². The first-order valence-electron chi connectivity index (χ1n) is 7.19. The highest BCUT2D eigenvalue weighted by atomic mass is 35.5. The Morgan fingerprint density at radius 1 is 1.20 bits per heavy atom. The van der Waals surface area contributed by atoms with Crippen LogP contribution >= 0.6 is 11.6 Å². The molecule has 0 atom stereocenters. The van der Waals surface area contributed by atoms with Gasteiger partial charge in [0, 0.05) is 18.0 Å². The smallest absolute Gasteiger partial charge is 0.126 e. The van der Waals surface area contributed by atoms with Gasteiger partial charge in [-0.1, -0.05) is 39.3 Å². The van der Waals surface area contributed by atoms with E-state index < -0.39 is 0 Å². The lowest BCUT2D eigenvalue weighted by atomic mass is 10.2. The van der Waals surface area contributed by atoms with Crippen LogP contribution in [0, 0.1) is 6.92 Å². The van der Waals surface area contributed by atoms with Crippen LogP contribution in [0.2, 0.25) is 5.02 Å². The van der Waals surface area contributed by atoms with Crippen molar-refractivity contribution in [3.05, 3.63) is 29.4 Å². The Bertz CT molecular complexity index is 532. The fourth-order valence-corrected chi connectivity index (χ4v) is 2.18. The maximum atomic E-state index is 6.13. The number of rotatable bonds is 4. The second-order valence-electron chi connectivity index (χ2n) is 4.29. The molecule has 2 aromatic rings. The summed E-state index contributed by atoms with van der Waals surface area (Å²) < 4.78 is 1.99. The lowest BCUT2D eigenvalue weighted by molar-refractivity contribution is 0.428. The molecule has 0 unspecified atom stereocenters. The molecule has 0 aliphatic heterocycles. The van der Waals surface area contributed by atoms with E-state index in [1.165, 1.54) is 0 Å². The van der Waals surface area contributed by atoms with Crippen LogP contribution < -0.4 is 0 Å². The number of hydrogen-bond donors (Lipinski definition) is 0. The molecule has 0 amide bonds. The number of aromatic nitrogens is 4. The summed E-state index contributed by atoms with van der Waals surface area (Å²) >= 11 is 6.13. The molecule has 0 aliphatic carbocycles. The Morgan fingerprint density at radius 2 is 1.85 bits per heavy atom. The summed E-state index contributed by atoms with van der Waals surface area (Å²) in [6.07, 6.45) is 7.58. The molecule has 2 heterocycles. The third-order valence-electron chi connectivity index (χ3n) is 3.06. The standard InChI is InChI=1S/C13H17ClN4.C2H6/c1-4-11(5-2)18-8-10(6-16-18)13-12(14)7-15-9(3)17-13;1-2/h6-8,11H,4-5H2,1-3H3;1-2H3. The van der Waals surface area contributed by atoms with E-state index in [-0.39, 0.29) is 0 Å². The van der Waals surface area contributed by atoms with Gasteiger partial charge in [-0.3, -0.25) is 4.68 Å². The minimum Gasteiger partial charge on any atom is -0.269 e. The van der Waals surface area contributed by atoms with Crippen molar-refractivity contribution in [2.75, 3.05) is 0 Å². The largest absolute Gasteiger partial charge is 0.269 e. The minimum absolute atomic E-state index is 0.431. The number of halogens is 1. The van der Waals surface area contributed by atoms with Crippen LogP contribution in [-0.4, -0.2) is 19.7 Å². The van der Waals surface area contributed by atoms with Crippen LogP contribution in [0.4, 0.5) is 0 Å². The Morgan fingerprint density at radius 3 is 2.45 bits per heavy atom. The summed E-state index contributed by atoms with van der Waals surface area (Å²) in [6, 6.07) is 0.431. The van der Waals surface area contributed by atoms with Gasteiger partial charge in [0.25, 0.3) is 0 Å². The van der Waals surface area contributed by atoms with Gasteiger partial charge >= 0.3 is 0 Å². The van der Waals surface area contributed by atoms with E-state index in [4.69, 9.17) is 11.6 Å². The lowest BCUT2D eigenvalue weighted by Gasteiger charge is -2.12. The molecule has 5 heteroatoms. The minimum atomic E-state index is 0.431. The second kappa shape index (κ2) is 8.00. The number of nitrogens with zero attached hydrogens (tertiary/aromatic N) is 4. The van der Waals surface area contributed by atoms with Crippen molar-refractivity contribution in [2.24, 2.45) is 0 Å². The van der Waals surface area contributed by atoms with E-state index in [0.717, 1.165) is 24.1 Å². The molecule has 0 N–H and O–H groups in total. The predicted molar refractivity (Wildman–Crippen MR) is 84.0 cm³/mol. The summed E-state index contributed by atoms with van der Waals surface area (Å²) in [6.45, 7) is 10.2. The van der Waals surface area contributed by atoms with Crippen LogP contribution in [-0.2, 0) is 0 Å². The molecule has 0 saturated heterocycles. The van der Waals surface area contributed by atoms with Gasteiger partial charge in [-0.15, -0.1) is 0 Å². The average Bonchev–Trinajstić information content (AvgIpc) is 2.95. The van der Waals surface area contributed by atoms with Crippen LogP contribution in [0.25, 0.3) is 11.3 Å². The first kappa shape index (κ1) is 16.6. The van der Waals surface area contributed by atoms with Crippen molar-refractivity contribution in [3.63, 3.8) is 0 Å². The van der Waals surface area contributed by atoms with Crippen LogP contribution in [0.3, 0.4) is 0 Å². The van der Waals surface area contributed by atoms with Crippen molar-refractivity contribution < 1.29 is 0 Å². The summed E-state index contributed by atoms with van der Waals surface area (Å²) in [4.78, 5) is 8.44. The molecule has 2 aromatic heterocycles. The summed E-state index contributed by atoms with van der Waals surface area (Å²) in [5.74, 6) is 0.713. The zero-order chi connectivity index (χ0) is 15.1. The van der Waals surface area contributed by atoms with Crippen molar-refractivity contribution >= 4 is 11.6 Å². The number of aryl methyl sites for hydroxylation is 1. The molecule has 0 aromatic carbocycles. The van der Waals surface area contributed by atoms with Crippen molar-refractivity contribution in [1.82, 2.24) is 19.7 Å². The molecular formula is C15H23ClN4. The quantitative estimate of drug-likeness (QED) is 0.821. The predicted octanol–water partition coefficient (Wildman–Crippen LogP) is 4.69. The molecule has 0 radical (unpaired) electrons. The van der Waals surface area contributed by atoms with E-state index in [2.05, 4.69) is 28.9 Å². The van der Waals surface area contributed by atoms with E-state index in [0.29, 0.717) is 16.9 Å². The Hall–Kier alpha value is -1.42. The molecule has 4 nitrogen and oxygen atoms in total. The van der Waals surface area contributed by atoms with Gasteiger partial charge in [0.05, 0.1) is 23.0 Å². The Labute approximate surface area is 126 Å². The molecular weight excluding hydrogens is 272 g/mol. The SMILES string of the molecule is CC.CCC(CC)n1cc(-c2nc(C)ncc2Cl)cn1. The van der Waals surface area contributed by atoms with Gasteiger partial charge in [0.15, 0.2) is 0 Å². The van der Waals surface area contributed by atoms with Crippen LogP contribution in [0.5, 0.6) is 0 Å². The fraction of sp³-hybridized carbons (Fsp3) is 0.533. The lowest BCUT2D eigenvalue weighted by Crippen LogP contribution is -2.06. The zero-order valence-corrected chi connectivity index (χ0v) is 13.6. The number of hydrogen-bond acceptors (Lipinski definition) is 3. The molecule has 0 bridgehead atoms. The average molecular weight is 295 g/mol. The van der Waals surface area contributed by atoms with E-state index in [1.54, 1.807) is 6.20 Å². The highest BCUT2D eigenvalue weighted by Crippen LogP contribution is 2.26. The molecule has 2 rings (SSSR count). The molecule has 0 aliphatic rings. The van der Waals surface area contributed by atoms with Crippen molar-refractivity contribution in [3.8, 4) is 11.3 Å². The first-order valence-corrected chi connectivity index (χ1v) is 7.57. The van der Waals surface area contributed by atoms with E-state index >= 15 is 0 Å². The third-order valence-corrected chi connectivity index (χ3v) is 3.33. The zero-order valence-electron chi connectivity index (χ0n) is 12.9. The van der Waals surface area contributed by atoms with E-state index in [9.17, 15) is 0 Å². The Kier molecular flexibility index (Phi) is 6.65. The topological polar surface area (TPSA) is 43.6 Å². The van der Waals surface area contributed by atoms with Gasteiger partial charge in [-0.25, -0.2) is 9.97 Å². The summed E-state index contributed by atoms with van der Waals surface area (Å²) in [7, 11) is 0. The van der Waals surface area contributed by atoms with Gasteiger partial charge in [-0.05, 0) is 19.8 Å².